The van der Waals surface area contributed by atoms with Gasteiger partial charge in [-0.3, -0.25) is 9.88 Å². The van der Waals surface area contributed by atoms with Crippen molar-refractivity contribution in [2.45, 2.75) is 19.5 Å². The Kier molecular flexibility index (Phi) is 3.20. The topological polar surface area (TPSA) is 67.9 Å². The van der Waals surface area contributed by atoms with Gasteiger partial charge in [-0.05, 0) is 35.4 Å². The van der Waals surface area contributed by atoms with Crippen molar-refractivity contribution in [2.75, 3.05) is 12.3 Å². The Bertz CT molecular complexity index is 816. The lowest BCUT2D eigenvalue weighted by Gasteiger charge is -2.28. The van der Waals surface area contributed by atoms with Crippen LogP contribution >= 0.6 is 0 Å². The summed E-state index contributed by atoms with van der Waals surface area (Å²) in [6.45, 7) is 2.84. The van der Waals surface area contributed by atoms with E-state index in [1.807, 2.05) is 30.6 Å². The van der Waals surface area contributed by atoms with Crippen LogP contribution in [-0.4, -0.2) is 26.4 Å². The summed E-state index contributed by atoms with van der Waals surface area (Å²) in [7, 11) is 0. The van der Waals surface area contributed by atoms with Crippen molar-refractivity contribution in [1.82, 2.24) is 19.9 Å². The van der Waals surface area contributed by atoms with Crippen molar-refractivity contribution in [3.63, 3.8) is 0 Å². The van der Waals surface area contributed by atoms with Crippen LogP contribution in [0.2, 0.25) is 0 Å². The first-order chi connectivity index (χ1) is 10.8. The van der Waals surface area contributed by atoms with Crippen LogP contribution in [0.4, 0.5) is 5.82 Å². The summed E-state index contributed by atoms with van der Waals surface area (Å²) >= 11 is 0. The summed E-state index contributed by atoms with van der Waals surface area (Å²) in [5, 5.41) is 1.05. The molecule has 1 aliphatic rings. The third-order valence-corrected chi connectivity index (χ3v) is 4.06. The van der Waals surface area contributed by atoms with E-state index in [0.717, 1.165) is 42.8 Å². The van der Waals surface area contributed by atoms with Crippen LogP contribution in [0.15, 0.2) is 42.7 Å². The monoisotopic (exact) mass is 291 g/mol. The van der Waals surface area contributed by atoms with Crippen molar-refractivity contribution in [3.05, 3.63) is 59.5 Å². The van der Waals surface area contributed by atoms with E-state index >= 15 is 0 Å². The molecule has 110 valence electrons. The Morgan fingerprint density at radius 1 is 1.18 bits per heavy atom. The van der Waals surface area contributed by atoms with Gasteiger partial charge in [-0.2, -0.15) is 0 Å². The Labute approximate surface area is 128 Å². The van der Waals surface area contributed by atoms with Crippen LogP contribution in [0.1, 0.15) is 16.8 Å². The molecular weight excluding hydrogens is 274 g/mol. The number of rotatable bonds is 2. The van der Waals surface area contributed by atoms with Gasteiger partial charge in [0.2, 0.25) is 0 Å². The second-order valence-electron chi connectivity index (χ2n) is 5.70. The molecule has 5 heteroatoms. The molecule has 0 spiro atoms. The summed E-state index contributed by atoms with van der Waals surface area (Å²) in [6, 6.07) is 10.1. The molecule has 4 rings (SSSR count). The van der Waals surface area contributed by atoms with Gasteiger partial charge >= 0.3 is 0 Å². The fraction of sp³-hybridized carbons (Fsp3) is 0.235. The van der Waals surface area contributed by atoms with Gasteiger partial charge in [0.05, 0.1) is 0 Å². The van der Waals surface area contributed by atoms with Crippen molar-refractivity contribution in [1.29, 1.82) is 0 Å². The molecule has 0 fully saturated rings. The molecule has 0 atom stereocenters. The van der Waals surface area contributed by atoms with Crippen LogP contribution in [0, 0.1) is 0 Å². The highest BCUT2D eigenvalue weighted by molar-refractivity contribution is 5.77. The van der Waals surface area contributed by atoms with Gasteiger partial charge in [0.25, 0.3) is 0 Å². The van der Waals surface area contributed by atoms with Crippen LogP contribution in [0.25, 0.3) is 11.0 Å². The lowest BCUT2D eigenvalue weighted by atomic mass is 10.0. The summed E-state index contributed by atoms with van der Waals surface area (Å²) in [4.78, 5) is 15.6. The van der Waals surface area contributed by atoms with Crippen molar-refractivity contribution in [3.8, 4) is 0 Å². The van der Waals surface area contributed by atoms with Gasteiger partial charge in [-0.25, -0.2) is 9.97 Å². The van der Waals surface area contributed by atoms with Crippen LogP contribution < -0.4 is 5.73 Å². The first-order valence-corrected chi connectivity index (χ1v) is 7.44. The van der Waals surface area contributed by atoms with Crippen LogP contribution in [0.3, 0.4) is 0 Å². The van der Waals surface area contributed by atoms with E-state index in [1.54, 1.807) is 0 Å². The first kappa shape index (κ1) is 13.2. The fourth-order valence-corrected chi connectivity index (χ4v) is 2.97. The molecule has 2 N–H and O–H groups in total. The predicted molar refractivity (Wildman–Crippen MR) is 86.0 cm³/mol. The molecule has 22 heavy (non-hydrogen) atoms. The largest absolute Gasteiger partial charge is 0.384 e. The summed E-state index contributed by atoms with van der Waals surface area (Å²) < 4.78 is 0. The number of hydrogen-bond acceptors (Lipinski definition) is 5. The van der Waals surface area contributed by atoms with Crippen molar-refractivity contribution >= 4 is 16.9 Å². The summed E-state index contributed by atoms with van der Waals surface area (Å²) in [5.74, 6) is 0.522. The molecule has 0 aliphatic carbocycles. The van der Waals surface area contributed by atoms with Gasteiger partial charge < -0.3 is 5.73 Å². The van der Waals surface area contributed by atoms with E-state index in [4.69, 9.17) is 5.73 Å². The molecule has 3 aromatic rings. The first-order valence-electron chi connectivity index (χ1n) is 7.44. The van der Waals surface area contributed by atoms with Crippen LogP contribution in [0.5, 0.6) is 0 Å². The fourth-order valence-electron chi connectivity index (χ4n) is 2.97. The molecule has 0 saturated carbocycles. The van der Waals surface area contributed by atoms with Gasteiger partial charge in [0.1, 0.15) is 5.82 Å². The maximum atomic E-state index is 5.74. The average Bonchev–Trinajstić information content (AvgIpc) is 2.54. The van der Waals surface area contributed by atoms with Gasteiger partial charge in [-0.1, -0.05) is 6.07 Å². The Morgan fingerprint density at radius 3 is 3.00 bits per heavy atom. The molecule has 0 saturated heterocycles. The van der Waals surface area contributed by atoms with E-state index in [0.29, 0.717) is 5.82 Å². The second-order valence-corrected chi connectivity index (χ2v) is 5.70. The maximum absolute atomic E-state index is 5.74. The van der Waals surface area contributed by atoms with Gasteiger partial charge in [-0.15, -0.1) is 0 Å². The minimum atomic E-state index is 0.522. The van der Waals surface area contributed by atoms with E-state index in [-0.39, 0.29) is 0 Å². The normalized spacial score (nSPS) is 14.9. The van der Waals surface area contributed by atoms with Gasteiger partial charge in [0, 0.05) is 49.5 Å². The minimum Gasteiger partial charge on any atom is -0.384 e. The summed E-state index contributed by atoms with van der Waals surface area (Å²) in [5.41, 5.74) is 10.2. The van der Waals surface area contributed by atoms with E-state index in [9.17, 15) is 0 Å². The van der Waals surface area contributed by atoms with E-state index < -0.39 is 0 Å². The highest BCUT2D eigenvalue weighted by Crippen LogP contribution is 2.23. The number of nitrogens with two attached hydrogens (primary N) is 1. The number of pyridine rings is 3. The number of fused-ring (bicyclic) bond motifs is 2. The van der Waals surface area contributed by atoms with Gasteiger partial charge in [0.15, 0.2) is 5.65 Å². The Morgan fingerprint density at radius 2 is 2.14 bits per heavy atom. The summed E-state index contributed by atoms with van der Waals surface area (Å²) in [6.07, 6.45) is 4.69. The molecule has 1 aliphatic heterocycles. The third kappa shape index (κ3) is 2.51. The van der Waals surface area contributed by atoms with E-state index in [2.05, 4.69) is 32.0 Å². The average molecular weight is 291 g/mol. The number of anilines is 1. The third-order valence-electron chi connectivity index (χ3n) is 4.06. The molecule has 0 radical (unpaired) electrons. The molecule has 5 nitrogen and oxygen atoms in total. The van der Waals surface area contributed by atoms with Crippen molar-refractivity contribution < 1.29 is 0 Å². The maximum Gasteiger partial charge on any atom is 0.161 e. The molecule has 4 heterocycles. The minimum absolute atomic E-state index is 0.522. The number of aromatic nitrogens is 3. The predicted octanol–water partition coefficient (Wildman–Crippen LogP) is 2.17. The molecule has 0 unspecified atom stereocenters. The molecule has 0 bridgehead atoms. The standard InChI is InChI=1S/C17H17N5/c18-16-4-3-13-8-14-11-22(10-12-2-1-6-19-9-12)7-5-15(14)20-17(13)21-16/h1-4,6,8-9H,5,7,10-11H2,(H2,18,20,21). The Balaban J connectivity index is 1.61. The zero-order valence-corrected chi connectivity index (χ0v) is 12.2. The SMILES string of the molecule is Nc1ccc2cc3c(nc2n1)CCN(Cc1cccnc1)C3. The Hall–Kier alpha value is -2.53. The lowest BCUT2D eigenvalue weighted by Crippen LogP contribution is -2.30. The zero-order valence-electron chi connectivity index (χ0n) is 12.2. The van der Waals surface area contributed by atoms with E-state index in [1.165, 1.54) is 11.1 Å². The smallest absolute Gasteiger partial charge is 0.161 e. The quantitative estimate of drug-likeness (QED) is 0.783. The molecule has 0 amide bonds. The van der Waals surface area contributed by atoms with Crippen molar-refractivity contribution in [2.24, 2.45) is 0 Å². The molecule has 3 aromatic heterocycles. The number of nitrogen functional groups attached to an aromatic ring is 1. The zero-order chi connectivity index (χ0) is 14.9. The highest BCUT2D eigenvalue weighted by atomic mass is 15.1. The number of hydrogen-bond donors (Lipinski definition) is 1. The lowest BCUT2D eigenvalue weighted by molar-refractivity contribution is 0.243. The molecule has 0 aromatic carbocycles. The number of nitrogens with zero attached hydrogens (tertiary/aromatic N) is 4. The highest BCUT2D eigenvalue weighted by Gasteiger charge is 2.18. The van der Waals surface area contributed by atoms with Crippen LogP contribution in [-0.2, 0) is 19.5 Å². The molecular formula is C17H17N5. The second kappa shape index (κ2) is 5.35.